The lowest BCUT2D eigenvalue weighted by Crippen LogP contribution is -2.29. The first-order chi connectivity index (χ1) is 8.52. The fourth-order valence-electron chi connectivity index (χ4n) is 2.92. The molecule has 1 saturated carbocycles. The topological polar surface area (TPSA) is 35.2 Å². The molecule has 1 fully saturated rings. The van der Waals surface area contributed by atoms with E-state index in [2.05, 4.69) is 18.2 Å². The summed E-state index contributed by atoms with van der Waals surface area (Å²) in [5.74, 6) is 1.62. The van der Waals surface area contributed by atoms with E-state index in [0.717, 1.165) is 11.3 Å². The van der Waals surface area contributed by atoms with E-state index in [1.54, 1.807) is 7.11 Å². The molecule has 2 heteroatoms. The standard InChI is InChI=1S/C16H25NO/c1-16(2,17)14-11-13(9-10-15(14)18-3)12-7-5-4-6-8-12/h9-12H,4-8,17H2,1-3H3. The summed E-state index contributed by atoms with van der Waals surface area (Å²) >= 11 is 0. The van der Waals surface area contributed by atoms with Gasteiger partial charge in [-0.1, -0.05) is 25.3 Å². The normalized spacial score (nSPS) is 17.8. The zero-order valence-corrected chi connectivity index (χ0v) is 11.8. The lowest BCUT2D eigenvalue weighted by atomic mass is 9.82. The van der Waals surface area contributed by atoms with Gasteiger partial charge in [0.05, 0.1) is 7.11 Å². The van der Waals surface area contributed by atoms with Gasteiger partial charge in [-0.05, 0) is 50.3 Å². The van der Waals surface area contributed by atoms with Gasteiger partial charge in [0.15, 0.2) is 0 Å². The van der Waals surface area contributed by atoms with Crippen LogP contribution in [0.4, 0.5) is 0 Å². The molecule has 0 aromatic heterocycles. The van der Waals surface area contributed by atoms with Crippen molar-refractivity contribution in [2.75, 3.05) is 7.11 Å². The molecule has 1 aliphatic rings. The van der Waals surface area contributed by atoms with E-state index in [1.165, 1.54) is 37.7 Å². The average molecular weight is 247 g/mol. The number of benzene rings is 1. The van der Waals surface area contributed by atoms with Gasteiger partial charge < -0.3 is 10.5 Å². The lowest BCUT2D eigenvalue weighted by molar-refractivity contribution is 0.392. The number of nitrogens with two attached hydrogens (primary N) is 1. The molecule has 1 aromatic carbocycles. The van der Waals surface area contributed by atoms with E-state index >= 15 is 0 Å². The van der Waals surface area contributed by atoms with Crippen molar-refractivity contribution in [3.8, 4) is 5.75 Å². The summed E-state index contributed by atoms with van der Waals surface area (Å²) in [6.07, 6.45) is 6.74. The fraction of sp³-hybridized carbons (Fsp3) is 0.625. The first kappa shape index (κ1) is 13.4. The highest BCUT2D eigenvalue weighted by Gasteiger charge is 2.22. The minimum atomic E-state index is -0.351. The van der Waals surface area contributed by atoms with Gasteiger partial charge in [-0.2, -0.15) is 0 Å². The number of ether oxygens (including phenoxy) is 1. The van der Waals surface area contributed by atoms with Crippen molar-refractivity contribution in [2.24, 2.45) is 5.73 Å². The Balaban J connectivity index is 2.33. The predicted octanol–water partition coefficient (Wildman–Crippen LogP) is 3.94. The summed E-state index contributed by atoms with van der Waals surface area (Å²) in [6, 6.07) is 6.55. The number of hydrogen-bond donors (Lipinski definition) is 1. The maximum absolute atomic E-state index is 6.25. The highest BCUT2D eigenvalue weighted by Crippen LogP contribution is 2.36. The molecule has 0 atom stereocenters. The van der Waals surface area contributed by atoms with Crippen LogP contribution >= 0.6 is 0 Å². The zero-order chi connectivity index (χ0) is 13.2. The Morgan fingerprint density at radius 2 is 1.83 bits per heavy atom. The van der Waals surface area contributed by atoms with Gasteiger partial charge in [0.25, 0.3) is 0 Å². The van der Waals surface area contributed by atoms with Crippen molar-refractivity contribution in [3.05, 3.63) is 29.3 Å². The van der Waals surface area contributed by atoms with Crippen molar-refractivity contribution >= 4 is 0 Å². The second-order valence-corrected chi connectivity index (χ2v) is 6.02. The van der Waals surface area contributed by atoms with Crippen LogP contribution in [0.5, 0.6) is 5.75 Å². The van der Waals surface area contributed by atoms with E-state index in [4.69, 9.17) is 10.5 Å². The molecule has 0 bridgehead atoms. The molecule has 100 valence electrons. The van der Waals surface area contributed by atoms with Crippen LogP contribution in [0.15, 0.2) is 18.2 Å². The Bertz CT molecular complexity index is 400. The van der Waals surface area contributed by atoms with Gasteiger partial charge >= 0.3 is 0 Å². The van der Waals surface area contributed by atoms with Gasteiger partial charge in [-0.25, -0.2) is 0 Å². The number of hydrogen-bond acceptors (Lipinski definition) is 2. The Hall–Kier alpha value is -1.02. The van der Waals surface area contributed by atoms with Crippen molar-refractivity contribution in [2.45, 2.75) is 57.4 Å². The second kappa shape index (κ2) is 5.31. The second-order valence-electron chi connectivity index (χ2n) is 6.02. The summed E-state index contributed by atoms with van der Waals surface area (Å²) in [4.78, 5) is 0. The molecular weight excluding hydrogens is 222 g/mol. The number of rotatable bonds is 3. The third-order valence-corrected chi connectivity index (χ3v) is 3.99. The first-order valence-corrected chi connectivity index (χ1v) is 6.99. The highest BCUT2D eigenvalue weighted by atomic mass is 16.5. The van der Waals surface area contributed by atoms with Crippen LogP contribution in [-0.4, -0.2) is 7.11 Å². The Morgan fingerprint density at radius 1 is 1.17 bits per heavy atom. The molecule has 2 N–H and O–H groups in total. The fourth-order valence-corrected chi connectivity index (χ4v) is 2.92. The zero-order valence-electron chi connectivity index (χ0n) is 11.8. The van der Waals surface area contributed by atoms with Gasteiger partial charge in [0.2, 0.25) is 0 Å². The maximum atomic E-state index is 6.25. The molecule has 18 heavy (non-hydrogen) atoms. The Labute approximate surface area is 111 Å². The molecule has 0 radical (unpaired) electrons. The number of methoxy groups -OCH3 is 1. The Morgan fingerprint density at radius 3 is 2.39 bits per heavy atom. The third kappa shape index (κ3) is 2.86. The van der Waals surface area contributed by atoms with Crippen LogP contribution in [0.2, 0.25) is 0 Å². The quantitative estimate of drug-likeness (QED) is 0.878. The van der Waals surface area contributed by atoms with Crippen molar-refractivity contribution < 1.29 is 4.74 Å². The summed E-state index contributed by atoms with van der Waals surface area (Å²) in [5, 5.41) is 0. The van der Waals surface area contributed by atoms with E-state index in [-0.39, 0.29) is 5.54 Å². The molecule has 1 aromatic rings. The highest BCUT2D eigenvalue weighted by molar-refractivity contribution is 5.42. The van der Waals surface area contributed by atoms with E-state index in [1.807, 2.05) is 13.8 Å². The first-order valence-electron chi connectivity index (χ1n) is 6.99. The monoisotopic (exact) mass is 247 g/mol. The molecule has 2 nitrogen and oxygen atoms in total. The van der Waals surface area contributed by atoms with Gasteiger partial charge in [-0.15, -0.1) is 0 Å². The largest absolute Gasteiger partial charge is 0.496 e. The van der Waals surface area contributed by atoms with Gasteiger partial charge in [-0.3, -0.25) is 0 Å². The maximum Gasteiger partial charge on any atom is 0.123 e. The molecule has 0 saturated heterocycles. The molecule has 0 unspecified atom stereocenters. The summed E-state index contributed by atoms with van der Waals surface area (Å²) in [6.45, 7) is 4.07. The summed E-state index contributed by atoms with van der Waals surface area (Å²) < 4.78 is 5.43. The molecule has 2 rings (SSSR count). The van der Waals surface area contributed by atoms with Crippen LogP contribution in [0.25, 0.3) is 0 Å². The lowest BCUT2D eigenvalue weighted by Gasteiger charge is -2.26. The molecular formula is C16H25NO. The van der Waals surface area contributed by atoms with Gasteiger partial charge in [0, 0.05) is 11.1 Å². The minimum absolute atomic E-state index is 0.351. The van der Waals surface area contributed by atoms with E-state index in [9.17, 15) is 0 Å². The van der Waals surface area contributed by atoms with Gasteiger partial charge in [0.1, 0.15) is 5.75 Å². The third-order valence-electron chi connectivity index (χ3n) is 3.99. The SMILES string of the molecule is COc1ccc(C2CCCCC2)cc1C(C)(C)N. The summed E-state index contributed by atoms with van der Waals surface area (Å²) in [5.41, 5.74) is 8.45. The summed E-state index contributed by atoms with van der Waals surface area (Å²) in [7, 11) is 1.71. The van der Waals surface area contributed by atoms with E-state index in [0.29, 0.717) is 5.92 Å². The Kier molecular flexibility index (Phi) is 3.96. The molecule has 0 heterocycles. The minimum Gasteiger partial charge on any atom is -0.496 e. The van der Waals surface area contributed by atoms with Crippen molar-refractivity contribution in [1.29, 1.82) is 0 Å². The molecule has 0 amide bonds. The predicted molar refractivity (Wildman–Crippen MR) is 76.0 cm³/mol. The molecule has 0 aliphatic heterocycles. The van der Waals surface area contributed by atoms with Crippen LogP contribution in [0.3, 0.4) is 0 Å². The molecule has 1 aliphatic carbocycles. The smallest absolute Gasteiger partial charge is 0.123 e. The average Bonchev–Trinajstić information content (AvgIpc) is 2.38. The van der Waals surface area contributed by atoms with E-state index < -0.39 is 0 Å². The van der Waals surface area contributed by atoms with Crippen LogP contribution in [-0.2, 0) is 5.54 Å². The van der Waals surface area contributed by atoms with Crippen LogP contribution in [0, 0.1) is 0 Å². The van der Waals surface area contributed by atoms with Crippen molar-refractivity contribution in [3.63, 3.8) is 0 Å². The van der Waals surface area contributed by atoms with Crippen LogP contribution < -0.4 is 10.5 Å². The van der Waals surface area contributed by atoms with Crippen molar-refractivity contribution in [1.82, 2.24) is 0 Å². The molecule has 0 spiro atoms. The van der Waals surface area contributed by atoms with Crippen LogP contribution in [0.1, 0.15) is 63.0 Å².